The number of hydrogen-bond donors (Lipinski definition) is 1. The van der Waals surface area contributed by atoms with Gasteiger partial charge in [-0.25, -0.2) is 4.79 Å². The molecule has 2 heterocycles. The number of cyclic esters (lactones) is 1. The molecule has 5 nitrogen and oxygen atoms in total. The average molecular weight is 292 g/mol. The summed E-state index contributed by atoms with van der Waals surface area (Å²) in [4.78, 5) is 12.1. The Morgan fingerprint density at radius 1 is 1.48 bits per heavy atom. The molecule has 1 fully saturated rings. The van der Waals surface area contributed by atoms with Gasteiger partial charge in [-0.1, -0.05) is 6.92 Å². The molecule has 114 valence electrons. The molecule has 0 saturated carbocycles. The first-order chi connectivity index (χ1) is 9.99. The van der Waals surface area contributed by atoms with Crippen molar-refractivity contribution in [2.75, 3.05) is 7.11 Å². The lowest BCUT2D eigenvalue weighted by Crippen LogP contribution is -2.49. The van der Waals surface area contributed by atoms with Crippen molar-refractivity contribution in [3.63, 3.8) is 0 Å². The van der Waals surface area contributed by atoms with Crippen LogP contribution in [0.5, 0.6) is 0 Å². The second kappa shape index (κ2) is 5.00. The fourth-order valence-electron chi connectivity index (χ4n) is 3.79. The van der Waals surface area contributed by atoms with Crippen LogP contribution in [0.4, 0.5) is 0 Å². The molecule has 1 aliphatic heterocycles. The van der Waals surface area contributed by atoms with E-state index in [1.807, 2.05) is 13.8 Å². The minimum absolute atomic E-state index is 0.0568. The monoisotopic (exact) mass is 292 g/mol. The minimum Gasteiger partial charge on any atom is -0.472 e. The van der Waals surface area contributed by atoms with Crippen molar-refractivity contribution in [1.82, 2.24) is 0 Å². The van der Waals surface area contributed by atoms with Crippen LogP contribution in [-0.4, -0.2) is 30.4 Å². The molecule has 0 bridgehead atoms. The number of esters is 1. The van der Waals surface area contributed by atoms with Crippen LogP contribution in [0.25, 0.3) is 0 Å². The van der Waals surface area contributed by atoms with Gasteiger partial charge in [0.2, 0.25) is 0 Å². The Labute approximate surface area is 123 Å². The Morgan fingerprint density at radius 3 is 2.86 bits per heavy atom. The number of furan rings is 1. The summed E-state index contributed by atoms with van der Waals surface area (Å²) in [6.07, 6.45) is 3.06. The van der Waals surface area contributed by atoms with E-state index in [0.29, 0.717) is 0 Å². The molecule has 0 unspecified atom stereocenters. The highest BCUT2D eigenvalue weighted by molar-refractivity contribution is 5.81. The molecule has 0 spiro atoms. The summed E-state index contributed by atoms with van der Waals surface area (Å²) in [5, 5.41) is 10.3. The lowest BCUT2D eigenvalue weighted by Gasteiger charge is -2.48. The maximum Gasteiger partial charge on any atom is 0.339 e. The van der Waals surface area contributed by atoms with E-state index in [1.165, 1.54) is 0 Å². The van der Waals surface area contributed by atoms with E-state index in [0.717, 1.165) is 29.6 Å². The lowest BCUT2D eigenvalue weighted by atomic mass is 9.63. The van der Waals surface area contributed by atoms with Gasteiger partial charge in [0.25, 0.3) is 0 Å². The summed E-state index contributed by atoms with van der Waals surface area (Å²) in [7, 11) is 1.65. The Hall–Kier alpha value is -1.59. The van der Waals surface area contributed by atoms with E-state index in [4.69, 9.17) is 13.9 Å². The Bertz CT molecular complexity index is 573. The molecular formula is C16H20O5. The second-order valence-electron chi connectivity index (χ2n) is 6.05. The van der Waals surface area contributed by atoms with Gasteiger partial charge in [-0.05, 0) is 37.0 Å². The van der Waals surface area contributed by atoms with E-state index in [-0.39, 0.29) is 6.10 Å². The third-order valence-electron chi connectivity index (χ3n) is 4.89. The Balaban J connectivity index is 2.12. The van der Waals surface area contributed by atoms with Gasteiger partial charge in [0.05, 0.1) is 18.6 Å². The molecule has 21 heavy (non-hydrogen) atoms. The van der Waals surface area contributed by atoms with E-state index >= 15 is 0 Å². The van der Waals surface area contributed by atoms with Crippen LogP contribution in [0.2, 0.25) is 0 Å². The SMILES string of the molecule is CO[C@@H]1CC[C@]2(C)C(=C1C)[C@H](O)C(=O)O[C@H]2c1ccoc1. The van der Waals surface area contributed by atoms with Crippen molar-refractivity contribution in [3.05, 3.63) is 35.3 Å². The maximum absolute atomic E-state index is 12.1. The first-order valence-corrected chi connectivity index (χ1v) is 7.13. The third kappa shape index (κ3) is 2.03. The van der Waals surface area contributed by atoms with Crippen LogP contribution >= 0.6 is 0 Å². The normalized spacial score (nSPS) is 36.4. The van der Waals surface area contributed by atoms with Gasteiger partial charge in [-0.2, -0.15) is 0 Å². The molecule has 0 radical (unpaired) electrons. The van der Waals surface area contributed by atoms with Crippen molar-refractivity contribution >= 4 is 5.97 Å². The van der Waals surface area contributed by atoms with Crippen molar-refractivity contribution in [1.29, 1.82) is 0 Å². The van der Waals surface area contributed by atoms with Gasteiger partial charge < -0.3 is 19.0 Å². The van der Waals surface area contributed by atoms with Gasteiger partial charge in [0, 0.05) is 18.1 Å². The summed E-state index contributed by atoms with van der Waals surface area (Å²) in [5.41, 5.74) is 2.06. The number of aliphatic hydroxyl groups is 1. The van der Waals surface area contributed by atoms with Crippen molar-refractivity contribution in [2.45, 2.75) is 45.0 Å². The molecule has 1 aromatic rings. The molecule has 2 aliphatic rings. The zero-order chi connectivity index (χ0) is 15.2. The zero-order valence-electron chi connectivity index (χ0n) is 12.5. The fraction of sp³-hybridized carbons (Fsp3) is 0.562. The summed E-state index contributed by atoms with van der Waals surface area (Å²) in [5.74, 6) is -0.607. The summed E-state index contributed by atoms with van der Waals surface area (Å²) in [6, 6.07) is 1.80. The van der Waals surface area contributed by atoms with Crippen molar-refractivity contribution in [3.8, 4) is 0 Å². The van der Waals surface area contributed by atoms with Gasteiger partial charge in [-0.3, -0.25) is 0 Å². The molecule has 5 heteroatoms. The molecule has 0 amide bonds. The first kappa shape index (κ1) is 14.4. The molecule has 1 aromatic heterocycles. The van der Waals surface area contributed by atoms with Crippen molar-refractivity contribution < 1.29 is 23.8 Å². The number of hydrogen-bond acceptors (Lipinski definition) is 5. The number of carbonyl (C=O) groups excluding carboxylic acids is 1. The quantitative estimate of drug-likeness (QED) is 0.669. The maximum atomic E-state index is 12.1. The van der Waals surface area contributed by atoms with Crippen LogP contribution in [0, 0.1) is 5.41 Å². The molecule has 1 aliphatic carbocycles. The van der Waals surface area contributed by atoms with Gasteiger partial charge in [-0.15, -0.1) is 0 Å². The molecular weight excluding hydrogens is 272 g/mol. The fourth-order valence-corrected chi connectivity index (χ4v) is 3.79. The summed E-state index contributed by atoms with van der Waals surface area (Å²) < 4.78 is 16.1. The van der Waals surface area contributed by atoms with Crippen LogP contribution in [0.15, 0.2) is 34.2 Å². The Kier molecular flexibility index (Phi) is 3.42. The van der Waals surface area contributed by atoms with Crippen LogP contribution in [-0.2, 0) is 14.3 Å². The number of ether oxygens (including phenoxy) is 2. The van der Waals surface area contributed by atoms with Gasteiger partial charge in [0.15, 0.2) is 6.10 Å². The van der Waals surface area contributed by atoms with E-state index in [9.17, 15) is 9.90 Å². The zero-order valence-corrected chi connectivity index (χ0v) is 12.5. The smallest absolute Gasteiger partial charge is 0.339 e. The van der Waals surface area contributed by atoms with E-state index in [2.05, 4.69) is 0 Å². The van der Waals surface area contributed by atoms with Crippen LogP contribution in [0.3, 0.4) is 0 Å². The number of aliphatic hydroxyl groups excluding tert-OH is 1. The number of carbonyl (C=O) groups is 1. The minimum atomic E-state index is -1.21. The number of rotatable bonds is 2. The standard InChI is InChI=1S/C16H20O5/c1-9-11(19-3)4-6-16(2)12(9)13(17)15(18)21-14(16)10-5-7-20-8-10/h5,7-8,11,13-14,17H,4,6H2,1-3H3/t11-,13+,14+,16-/m1/s1. The van der Waals surface area contributed by atoms with Gasteiger partial charge in [0.1, 0.15) is 6.10 Å². The third-order valence-corrected chi connectivity index (χ3v) is 4.89. The molecule has 1 N–H and O–H groups in total. The first-order valence-electron chi connectivity index (χ1n) is 7.13. The van der Waals surface area contributed by atoms with Crippen molar-refractivity contribution in [2.24, 2.45) is 5.41 Å². The molecule has 3 rings (SSSR count). The van der Waals surface area contributed by atoms with Gasteiger partial charge >= 0.3 is 5.97 Å². The summed E-state index contributed by atoms with van der Waals surface area (Å²) in [6.45, 7) is 3.96. The highest BCUT2D eigenvalue weighted by atomic mass is 16.6. The predicted molar refractivity (Wildman–Crippen MR) is 74.4 cm³/mol. The predicted octanol–water partition coefficient (Wildman–Crippen LogP) is 2.37. The summed E-state index contributed by atoms with van der Waals surface area (Å²) >= 11 is 0. The lowest BCUT2D eigenvalue weighted by molar-refractivity contribution is -0.175. The van der Waals surface area contributed by atoms with E-state index in [1.54, 1.807) is 25.7 Å². The number of methoxy groups -OCH3 is 1. The van der Waals surface area contributed by atoms with Crippen LogP contribution < -0.4 is 0 Å². The largest absolute Gasteiger partial charge is 0.472 e. The molecule has 4 atom stereocenters. The second-order valence-corrected chi connectivity index (χ2v) is 6.05. The molecule has 0 aromatic carbocycles. The van der Waals surface area contributed by atoms with Crippen LogP contribution in [0.1, 0.15) is 38.4 Å². The highest BCUT2D eigenvalue weighted by Crippen LogP contribution is 2.55. The topological polar surface area (TPSA) is 68.9 Å². The number of fused-ring (bicyclic) bond motifs is 1. The van der Waals surface area contributed by atoms with E-state index < -0.39 is 23.6 Å². The highest BCUT2D eigenvalue weighted by Gasteiger charge is 2.53. The Morgan fingerprint density at radius 2 is 2.24 bits per heavy atom. The average Bonchev–Trinajstić information content (AvgIpc) is 2.97. The molecule has 1 saturated heterocycles.